The maximum Gasteiger partial charge on any atom is 0.123 e. The average molecular weight is 341 g/mol. The van der Waals surface area contributed by atoms with E-state index in [0.717, 1.165) is 32.1 Å². The minimum absolute atomic E-state index is 0.660. The van der Waals surface area contributed by atoms with Gasteiger partial charge in [-0.25, -0.2) is 0 Å². The molecule has 19 heavy (non-hydrogen) atoms. The number of hydrogen-bond donors (Lipinski definition) is 1. The zero-order chi connectivity index (χ0) is 13.8. The van der Waals surface area contributed by atoms with Gasteiger partial charge < -0.3 is 10.1 Å². The fourth-order valence-corrected chi connectivity index (χ4v) is 2.62. The molecule has 0 fully saturated rings. The molecule has 2 nitrogen and oxygen atoms in total. The number of aryl methyl sites for hydroxylation is 1. The summed E-state index contributed by atoms with van der Waals surface area (Å²) in [5, 5.41) is 4.10. The van der Waals surface area contributed by atoms with E-state index in [-0.39, 0.29) is 0 Å². The number of benzene rings is 2. The first-order chi connectivity index (χ1) is 9.11. The first-order valence-electron chi connectivity index (χ1n) is 5.93. The van der Waals surface area contributed by atoms with Crippen LogP contribution < -0.4 is 10.1 Å². The third-order valence-electron chi connectivity index (χ3n) is 2.92. The third-order valence-corrected chi connectivity index (χ3v) is 3.73. The molecule has 0 heterocycles. The summed E-state index contributed by atoms with van der Waals surface area (Å²) in [5.74, 6) is 0.861. The summed E-state index contributed by atoms with van der Waals surface area (Å²) < 4.78 is 6.38. The molecule has 0 spiro atoms. The van der Waals surface area contributed by atoms with Gasteiger partial charge in [0, 0.05) is 16.6 Å². The minimum atomic E-state index is 0.660. The Morgan fingerprint density at radius 1 is 1.26 bits per heavy atom. The number of methoxy groups -OCH3 is 1. The Morgan fingerprint density at radius 3 is 2.74 bits per heavy atom. The Bertz CT molecular complexity index is 566. The number of rotatable bonds is 4. The van der Waals surface area contributed by atoms with Crippen LogP contribution in [0.4, 0.5) is 5.69 Å². The molecule has 0 aliphatic carbocycles. The average Bonchev–Trinajstić information content (AvgIpc) is 2.38. The summed E-state index contributed by atoms with van der Waals surface area (Å²) in [7, 11) is 1.67. The summed E-state index contributed by atoms with van der Waals surface area (Å²) in [4.78, 5) is 0. The maximum absolute atomic E-state index is 6.20. The highest BCUT2D eigenvalue weighted by Crippen LogP contribution is 2.28. The molecule has 0 saturated carbocycles. The van der Waals surface area contributed by atoms with E-state index in [2.05, 4.69) is 21.2 Å². The molecule has 0 bridgehead atoms. The van der Waals surface area contributed by atoms with Crippen molar-refractivity contribution < 1.29 is 4.74 Å². The smallest absolute Gasteiger partial charge is 0.123 e. The third kappa shape index (κ3) is 3.43. The van der Waals surface area contributed by atoms with Crippen LogP contribution in [0.1, 0.15) is 11.1 Å². The molecule has 0 saturated heterocycles. The van der Waals surface area contributed by atoms with Gasteiger partial charge in [0.1, 0.15) is 5.75 Å². The van der Waals surface area contributed by atoms with Crippen molar-refractivity contribution in [1.82, 2.24) is 0 Å². The number of anilines is 1. The first-order valence-corrected chi connectivity index (χ1v) is 7.10. The van der Waals surface area contributed by atoms with E-state index in [1.54, 1.807) is 7.11 Å². The maximum atomic E-state index is 6.20. The molecule has 0 unspecified atom stereocenters. The van der Waals surface area contributed by atoms with Gasteiger partial charge in [0.2, 0.25) is 0 Å². The highest BCUT2D eigenvalue weighted by atomic mass is 79.9. The highest BCUT2D eigenvalue weighted by molar-refractivity contribution is 9.10. The van der Waals surface area contributed by atoms with Crippen LogP contribution in [0.2, 0.25) is 5.02 Å². The first kappa shape index (κ1) is 14.2. The van der Waals surface area contributed by atoms with Gasteiger partial charge >= 0.3 is 0 Å². The molecule has 2 aromatic carbocycles. The van der Waals surface area contributed by atoms with Crippen LogP contribution in [0.3, 0.4) is 0 Å². The second kappa shape index (κ2) is 6.31. The molecule has 100 valence electrons. The number of hydrogen-bond acceptors (Lipinski definition) is 2. The number of halogens is 2. The normalized spacial score (nSPS) is 10.3. The molecule has 0 atom stereocenters. The topological polar surface area (TPSA) is 21.3 Å². The van der Waals surface area contributed by atoms with E-state index >= 15 is 0 Å². The Hall–Kier alpha value is -1.19. The predicted octanol–water partition coefficient (Wildman–Crippen LogP) is 5.03. The lowest BCUT2D eigenvalue weighted by Gasteiger charge is -2.14. The summed E-state index contributed by atoms with van der Waals surface area (Å²) >= 11 is 9.67. The highest BCUT2D eigenvalue weighted by Gasteiger charge is 2.07. The van der Waals surface area contributed by atoms with Gasteiger partial charge in [-0.1, -0.05) is 39.7 Å². The van der Waals surface area contributed by atoms with Crippen molar-refractivity contribution in [2.24, 2.45) is 0 Å². The molecular formula is C15H15BrClNO. The van der Waals surface area contributed by atoms with Crippen LogP contribution in [0.5, 0.6) is 5.75 Å². The molecular weight excluding hydrogens is 326 g/mol. The van der Waals surface area contributed by atoms with Gasteiger partial charge in [0.15, 0.2) is 0 Å². The molecule has 0 aliphatic rings. The van der Waals surface area contributed by atoms with Crippen molar-refractivity contribution in [2.45, 2.75) is 13.5 Å². The van der Waals surface area contributed by atoms with Gasteiger partial charge in [0.25, 0.3) is 0 Å². The van der Waals surface area contributed by atoms with E-state index in [1.165, 1.54) is 0 Å². The van der Waals surface area contributed by atoms with Crippen LogP contribution in [-0.2, 0) is 6.54 Å². The Labute approximate surface area is 126 Å². The lowest BCUT2D eigenvalue weighted by Crippen LogP contribution is -2.03. The lowest BCUT2D eigenvalue weighted by molar-refractivity contribution is 0.410. The van der Waals surface area contributed by atoms with Crippen molar-refractivity contribution in [3.63, 3.8) is 0 Å². The van der Waals surface area contributed by atoms with Crippen molar-refractivity contribution in [3.8, 4) is 5.75 Å². The van der Waals surface area contributed by atoms with E-state index in [1.807, 2.05) is 43.3 Å². The zero-order valence-electron chi connectivity index (χ0n) is 10.8. The zero-order valence-corrected chi connectivity index (χ0v) is 13.2. The van der Waals surface area contributed by atoms with E-state index < -0.39 is 0 Å². The number of para-hydroxylation sites is 1. The van der Waals surface area contributed by atoms with Gasteiger partial charge in [-0.2, -0.15) is 0 Å². The van der Waals surface area contributed by atoms with Gasteiger partial charge in [-0.15, -0.1) is 0 Å². The van der Waals surface area contributed by atoms with Crippen LogP contribution in [0.15, 0.2) is 40.9 Å². The minimum Gasteiger partial charge on any atom is -0.496 e. The molecule has 0 aliphatic heterocycles. The van der Waals surface area contributed by atoms with Crippen molar-refractivity contribution in [1.29, 1.82) is 0 Å². The second-order valence-corrected chi connectivity index (χ2v) is 5.56. The van der Waals surface area contributed by atoms with Crippen molar-refractivity contribution in [2.75, 3.05) is 12.4 Å². The summed E-state index contributed by atoms with van der Waals surface area (Å²) in [6, 6.07) is 11.8. The summed E-state index contributed by atoms with van der Waals surface area (Å²) in [6.07, 6.45) is 0. The SMILES string of the molecule is COc1ccc(Br)cc1CNc1c(C)cccc1Cl. The Balaban J connectivity index is 2.21. The van der Waals surface area contributed by atoms with Gasteiger partial charge in [-0.05, 0) is 36.8 Å². The number of ether oxygens (including phenoxy) is 1. The molecule has 4 heteroatoms. The monoisotopic (exact) mass is 339 g/mol. The largest absolute Gasteiger partial charge is 0.496 e. The van der Waals surface area contributed by atoms with Crippen LogP contribution in [0.25, 0.3) is 0 Å². The van der Waals surface area contributed by atoms with E-state index in [4.69, 9.17) is 16.3 Å². The fourth-order valence-electron chi connectivity index (χ4n) is 1.92. The Morgan fingerprint density at radius 2 is 2.05 bits per heavy atom. The van der Waals surface area contributed by atoms with Crippen LogP contribution in [0, 0.1) is 6.92 Å². The molecule has 2 aromatic rings. The lowest BCUT2D eigenvalue weighted by atomic mass is 10.1. The fraction of sp³-hybridized carbons (Fsp3) is 0.200. The summed E-state index contributed by atoms with van der Waals surface area (Å²) in [5.41, 5.74) is 3.17. The molecule has 1 N–H and O–H groups in total. The molecule has 2 rings (SSSR count). The molecule has 0 amide bonds. The van der Waals surface area contributed by atoms with Crippen molar-refractivity contribution in [3.05, 3.63) is 57.0 Å². The predicted molar refractivity (Wildman–Crippen MR) is 84.2 cm³/mol. The standard InChI is InChI=1S/C15H15BrClNO/c1-10-4-3-5-13(17)15(10)18-9-11-8-12(16)6-7-14(11)19-2/h3-8,18H,9H2,1-2H3. The molecule has 0 aromatic heterocycles. The van der Waals surface area contributed by atoms with Crippen LogP contribution in [-0.4, -0.2) is 7.11 Å². The van der Waals surface area contributed by atoms with Crippen LogP contribution >= 0.6 is 27.5 Å². The quantitative estimate of drug-likeness (QED) is 0.842. The second-order valence-electron chi connectivity index (χ2n) is 4.24. The summed E-state index contributed by atoms with van der Waals surface area (Å²) in [6.45, 7) is 2.69. The van der Waals surface area contributed by atoms with Crippen molar-refractivity contribution >= 4 is 33.2 Å². The van der Waals surface area contributed by atoms with Gasteiger partial charge in [-0.3, -0.25) is 0 Å². The van der Waals surface area contributed by atoms with E-state index in [9.17, 15) is 0 Å². The van der Waals surface area contributed by atoms with Gasteiger partial charge in [0.05, 0.1) is 17.8 Å². The Kier molecular flexibility index (Phi) is 4.72. The van der Waals surface area contributed by atoms with E-state index in [0.29, 0.717) is 6.54 Å². The number of nitrogens with one attached hydrogen (secondary N) is 1. The molecule has 0 radical (unpaired) electrons.